The van der Waals surface area contributed by atoms with Crippen LogP contribution in [0, 0.1) is 40.4 Å². The van der Waals surface area contributed by atoms with E-state index < -0.39 is 17.8 Å². The van der Waals surface area contributed by atoms with Crippen LogP contribution in [0.1, 0.15) is 98.8 Å². The van der Waals surface area contributed by atoms with E-state index in [0.29, 0.717) is 23.7 Å². The Balaban J connectivity index is 1.58. The van der Waals surface area contributed by atoms with Crippen molar-refractivity contribution in [2.75, 3.05) is 0 Å². The van der Waals surface area contributed by atoms with Gasteiger partial charge in [0.2, 0.25) is 0 Å². The van der Waals surface area contributed by atoms with Gasteiger partial charge in [0, 0.05) is 11.8 Å². The topological polar surface area (TPSA) is 60.7 Å². The predicted molar refractivity (Wildman–Crippen MR) is 122 cm³/mol. The Labute approximate surface area is 184 Å². The van der Waals surface area contributed by atoms with Gasteiger partial charge >= 0.3 is 0 Å². The van der Waals surface area contributed by atoms with Crippen molar-refractivity contribution in [1.82, 2.24) is 0 Å². The zero-order valence-electron chi connectivity index (χ0n) is 20.0. The minimum Gasteiger partial charge on any atom is -0.393 e. The zero-order chi connectivity index (χ0) is 21.9. The summed E-state index contributed by atoms with van der Waals surface area (Å²) in [7, 11) is 0. The number of rotatable bonds is 5. The van der Waals surface area contributed by atoms with Gasteiger partial charge in [0.1, 0.15) is 11.7 Å². The Kier molecular flexibility index (Phi) is 5.99. The standard InChI is InChI=1S/C27H46O3/c1-17(2)7-6-8-18(3)21-9-10-22-20-15-24(29)27(30)16-19(28)11-14-26(27,5)23(20)12-13-25(21,22)4/h15,17-19,21-24,28-30H,6-14,16H2,1-5H3/t18?,19-,21+,22?,23?,24+,25+,26+,27-/m0/s1. The van der Waals surface area contributed by atoms with Crippen LogP contribution in [0.25, 0.3) is 0 Å². The van der Waals surface area contributed by atoms with Crippen LogP contribution in [0.4, 0.5) is 0 Å². The van der Waals surface area contributed by atoms with E-state index in [9.17, 15) is 15.3 Å². The average molecular weight is 419 g/mol. The van der Waals surface area contributed by atoms with Crippen molar-refractivity contribution in [2.24, 2.45) is 40.4 Å². The molecule has 30 heavy (non-hydrogen) atoms. The Morgan fingerprint density at radius 1 is 0.967 bits per heavy atom. The summed E-state index contributed by atoms with van der Waals surface area (Å²) in [5.74, 6) is 3.24. The maximum absolute atomic E-state index is 11.6. The van der Waals surface area contributed by atoms with Gasteiger partial charge in [-0.2, -0.15) is 0 Å². The molecule has 0 amide bonds. The molecule has 9 atom stereocenters. The molecular formula is C27H46O3. The SMILES string of the molecule is CC(C)CCCC(C)[C@H]1CCC2C3=C[C@@H](O)[C@@]4(O)C[C@@H](O)CC[C@]4(C)C3CC[C@@]21C. The molecule has 0 aromatic carbocycles. The Morgan fingerprint density at radius 2 is 1.70 bits per heavy atom. The van der Waals surface area contributed by atoms with Crippen molar-refractivity contribution >= 4 is 0 Å². The summed E-state index contributed by atoms with van der Waals surface area (Å²) in [4.78, 5) is 0. The molecule has 3 N–H and O–H groups in total. The third kappa shape index (κ3) is 3.33. The van der Waals surface area contributed by atoms with E-state index in [1.807, 2.05) is 6.08 Å². The second-order valence-electron chi connectivity index (χ2n) is 12.5. The van der Waals surface area contributed by atoms with E-state index in [4.69, 9.17) is 0 Å². The van der Waals surface area contributed by atoms with Gasteiger partial charge in [0.05, 0.1) is 6.10 Å². The minimum absolute atomic E-state index is 0.308. The Hall–Kier alpha value is -0.380. The highest BCUT2D eigenvalue weighted by atomic mass is 16.3. The first-order valence-corrected chi connectivity index (χ1v) is 12.8. The minimum atomic E-state index is -1.19. The van der Waals surface area contributed by atoms with Gasteiger partial charge in [-0.05, 0) is 73.5 Å². The van der Waals surface area contributed by atoms with Crippen molar-refractivity contribution in [3.63, 3.8) is 0 Å². The van der Waals surface area contributed by atoms with Crippen LogP contribution < -0.4 is 0 Å². The first-order valence-electron chi connectivity index (χ1n) is 12.8. The van der Waals surface area contributed by atoms with E-state index in [1.54, 1.807) is 0 Å². The molecule has 0 aromatic rings. The van der Waals surface area contributed by atoms with E-state index in [-0.39, 0.29) is 5.41 Å². The van der Waals surface area contributed by atoms with Crippen LogP contribution in [0.2, 0.25) is 0 Å². The van der Waals surface area contributed by atoms with Crippen molar-refractivity contribution in [3.8, 4) is 0 Å². The number of hydrogen-bond acceptors (Lipinski definition) is 3. The van der Waals surface area contributed by atoms with Gasteiger partial charge in [-0.3, -0.25) is 0 Å². The summed E-state index contributed by atoms with van der Waals surface area (Å²) in [6.45, 7) is 11.9. The lowest BCUT2D eigenvalue weighted by molar-refractivity contribution is -0.210. The third-order valence-electron chi connectivity index (χ3n) is 10.5. The quantitative estimate of drug-likeness (QED) is 0.519. The fourth-order valence-corrected chi connectivity index (χ4v) is 8.57. The molecule has 0 saturated heterocycles. The smallest absolute Gasteiger partial charge is 0.102 e. The van der Waals surface area contributed by atoms with E-state index >= 15 is 0 Å². The van der Waals surface area contributed by atoms with E-state index in [0.717, 1.165) is 37.0 Å². The first kappa shape index (κ1) is 22.8. The molecule has 4 rings (SSSR count). The van der Waals surface area contributed by atoms with Crippen molar-refractivity contribution in [2.45, 2.75) is 117 Å². The highest BCUT2D eigenvalue weighted by Crippen LogP contribution is 2.67. The Bertz CT molecular complexity index is 671. The summed E-state index contributed by atoms with van der Waals surface area (Å²) in [5.41, 5.74) is 0.281. The van der Waals surface area contributed by atoms with Gasteiger partial charge in [-0.1, -0.05) is 65.5 Å². The molecule has 0 aromatic heterocycles. The number of hydrogen-bond donors (Lipinski definition) is 3. The van der Waals surface area contributed by atoms with Crippen LogP contribution >= 0.6 is 0 Å². The highest BCUT2D eigenvalue weighted by molar-refractivity contribution is 5.33. The molecule has 3 nitrogen and oxygen atoms in total. The van der Waals surface area contributed by atoms with Crippen LogP contribution in [0.3, 0.4) is 0 Å². The molecule has 3 unspecified atom stereocenters. The van der Waals surface area contributed by atoms with E-state index in [2.05, 4.69) is 34.6 Å². The van der Waals surface area contributed by atoms with Crippen molar-refractivity contribution in [3.05, 3.63) is 11.6 Å². The van der Waals surface area contributed by atoms with Gasteiger partial charge < -0.3 is 15.3 Å². The lowest BCUT2D eigenvalue weighted by atomic mass is 9.45. The number of aliphatic hydroxyl groups is 3. The molecule has 4 aliphatic rings. The Morgan fingerprint density at radius 3 is 2.40 bits per heavy atom. The molecule has 3 saturated carbocycles. The van der Waals surface area contributed by atoms with Crippen LogP contribution in [-0.2, 0) is 0 Å². The lowest BCUT2D eigenvalue weighted by Gasteiger charge is -2.62. The summed E-state index contributed by atoms with van der Waals surface area (Å²) >= 11 is 0. The molecule has 0 bridgehead atoms. The normalized spacial score (nSPS) is 49.2. The van der Waals surface area contributed by atoms with E-state index in [1.165, 1.54) is 44.1 Å². The van der Waals surface area contributed by atoms with Gasteiger partial charge in [-0.25, -0.2) is 0 Å². The van der Waals surface area contributed by atoms with Crippen LogP contribution in [0.15, 0.2) is 11.6 Å². The third-order valence-corrected chi connectivity index (χ3v) is 10.5. The summed E-state index contributed by atoms with van der Waals surface area (Å²) in [5, 5.41) is 32.9. The summed E-state index contributed by atoms with van der Waals surface area (Å²) in [6, 6.07) is 0. The molecule has 0 spiro atoms. The average Bonchev–Trinajstić information content (AvgIpc) is 3.01. The number of fused-ring (bicyclic) bond motifs is 5. The molecule has 0 radical (unpaired) electrons. The number of allylic oxidation sites excluding steroid dienone is 1. The molecule has 3 heteroatoms. The second kappa shape index (κ2) is 7.89. The molecule has 0 aliphatic heterocycles. The van der Waals surface area contributed by atoms with Crippen LogP contribution in [-0.4, -0.2) is 33.1 Å². The number of aliphatic hydroxyl groups excluding tert-OH is 2. The van der Waals surface area contributed by atoms with Crippen molar-refractivity contribution < 1.29 is 15.3 Å². The van der Waals surface area contributed by atoms with Crippen LogP contribution in [0.5, 0.6) is 0 Å². The van der Waals surface area contributed by atoms with Gasteiger partial charge in [0.25, 0.3) is 0 Å². The van der Waals surface area contributed by atoms with Gasteiger partial charge in [-0.15, -0.1) is 0 Å². The summed E-state index contributed by atoms with van der Waals surface area (Å²) in [6.07, 6.45) is 11.5. The first-order chi connectivity index (χ1) is 14.0. The fraction of sp³-hybridized carbons (Fsp3) is 0.926. The molecule has 4 aliphatic carbocycles. The molecular weight excluding hydrogens is 372 g/mol. The predicted octanol–water partition coefficient (Wildman–Crippen LogP) is 5.47. The highest BCUT2D eigenvalue weighted by Gasteiger charge is 2.64. The lowest BCUT2D eigenvalue weighted by Crippen LogP contribution is -2.65. The maximum atomic E-state index is 11.6. The second-order valence-corrected chi connectivity index (χ2v) is 12.5. The molecule has 0 heterocycles. The molecule has 172 valence electrons. The van der Waals surface area contributed by atoms with Gasteiger partial charge in [0.15, 0.2) is 0 Å². The monoisotopic (exact) mass is 418 g/mol. The maximum Gasteiger partial charge on any atom is 0.102 e. The largest absolute Gasteiger partial charge is 0.393 e. The summed E-state index contributed by atoms with van der Waals surface area (Å²) < 4.78 is 0. The van der Waals surface area contributed by atoms with Crippen molar-refractivity contribution in [1.29, 1.82) is 0 Å². The zero-order valence-corrected chi connectivity index (χ0v) is 20.0. The molecule has 3 fully saturated rings. The fourth-order valence-electron chi connectivity index (χ4n) is 8.57.